The lowest BCUT2D eigenvalue weighted by Crippen LogP contribution is -2.43. The lowest BCUT2D eigenvalue weighted by atomic mass is 10.2. The van der Waals surface area contributed by atoms with Crippen molar-refractivity contribution in [2.75, 3.05) is 13.7 Å². The number of ether oxygens (including phenoxy) is 1. The molecule has 1 aliphatic rings. The second-order valence-corrected chi connectivity index (χ2v) is 5.43. The normalized spacial score (nSPS) is 18.3. The average molecular weight is 289 g/mol. The minimum absolute atomic E-state index is 0.193. The Morgan fingerprint density at radius 1 is 1.38 bits per heavy atom. The first-order chi connectivity index (χ1) is 10.1. The van der Waals surface area contributed by atoms with Gasteiger partial charge in [-0.1, -0.05) is 0 Å². The Balaban J connectivity index is 2.19. The van der Waals surface area contributed by atoms with Gasteiger partial charge in [-0.25, -0.2) is 4.79 Å². The quantitative estimate of drug-likeness (QED) is 0.891. The molecule has 0 amide bonds. The van der Waals surface area contributed by atoms with Crippen LogP contribution >= 0.6 is 0 Å². The van der Waals surface area contributed by atoms with Crippen LogP contribution in [0.1, 0.15) is 12.8 Å². The molecule has 2 heterocycles. The molecule has 1 aliphatic heterocycles. The van der Waals surface area contributed by atoms with Crippen LogP contribution in [0.3, 0.4) is 0 Å². The van der Waals surface area contributed by atoms with Gasteiger partial charge in [-0.2, -0.15) is 0 Å². The zero-order chi connectivity index (χ0) is 15.0. The highest BCUT2D eigenvalue weighted by Gasteiger charge is 2.18. The summed E-state index contributed by atoms with van der Waals surface area (Å²) >= 11 is 0. The largest absolute Gasteiger partial charge is 0.497 e. The summed E-state index contributed by atoms with van der Waals surface area (Å²) < 4.78 is 8.02. The molecule has 0 radical (unpaired) electrons. The molecule has 0 spiro atoms. The minimum Gasteiger partial charge on any atom is -0.497 e. The molecule has 112 valence electrons. The Hall–Kier alpha value is -2.08. The van der Waals surface area contributed by atoms with Crippen molar-refractivity contribution in [1.82, 2.24) is 14.5 Å². The van der Waals surface area contributed by atoms with Gasteiger partial charge in [0.25, 0.3) is 5.56 Å². The van der Waals surface area contributed by atoms with E-state index in [0.717, 1.165) is 19.4 Å². The van der Waals surface area contributed by atoms with Crippen LogP contribution in [0.25, 0.3) is 10.9 Å². The number of nitrogens with zero attached hydrogens (tertiary/aromatic N) is 2. The fourth-order valence-electron chi connectivity index (χ4n) is 2.92. The second kappa shape index (κ2) is 5.37. The highest BCUT2D eigenvalue weighted by atomic mass is 16.5. The van der Waals surface area contributed by atoms with Gasteiger partial charge in [0.15, 0.2) is 0 Å². The van der Waals surface area contributed by atoms with Gasteiger partial charge in [0, 0.05) is 19.6 Å². The third-order valence-corrected chi connectivity index (χ3v) is 4.12. The summed E-state index contributed by atoms with van der Waals surface area (Å²) in [5.41, 5.74) is 0.105. The topological polar surface area (TPSA) is 65.3 Å². The third-order valence-electron chi connectivity index (χ3n) is 4.12. The average Bonchev–Trinajstić information content (AvgIpc) is 3.02. The molecule has 1 atom stereocenters. The first kappa shape index (κ1) is 13.9. The fourth-order valence-corrected chi connectivity index (χ4v) is 2.92. The summed E-state index contributed by atoms with van der Waals surface area (Å²) in [5, 5.41) is 3.83. The number of aryl methyl sites for hydroxylation is 1. The predicted molar refractivity (Wildman–Crippen MR) is 81.0 cm³/mol. The van der Waals surface area contributed by atoms with Crippen LogP contribution in [0.15, 0.2) is 27.8 Å². The molecule has 6 heteroatoms. The van der Waals surface area contributed by atoms with E-state index in [1.165, 1.54) is 9.13 Å². The Morgan fingerprint density at radius 3 is 2.86 bits per heavy atom. The summed E-state index contributed by atoms with van der Waals surface area (Å²) in [6, 6.07) is 5.38. The minimum atomic E-state index is -0.272. The van der Waals surface area contributed by atoms with E-state index in [9.17, 15) is 9.59 Å². The molecular weight excluding hydrogens is 270 g/mol. The van der Waals surface area contributed by atoms with Crippen LogP contribution in [-0.2, 0) is 13.6 Å². The molecule has 0 bridgehead atoms. The van der Waals surface area contributed by atoms with E-state index in [-0.39, 0.29) is 17.3 Å². The van der Waals surface area contributed by atoms with Crippen LogP contribution < -0.4 is 21.3 Å². The smallest absolute Gasteiger partial charge is 0.331 e. The van der Waals surface area contributed by atoms with Gasteiger partial charge in [-0.05, 0) is 37.6 Å². The zero-order valence-electron chi connectivity index (χ0n) is 12.3. The van der Waals surface area contributed by atoms with Crippen molar-refractivity contribution in [2.24, 2.45) is 7.05 Å². The Bertz CT molecular complexity index is 785. The van der Waals surface area contributed by atoms with Gasteiger partial charge < -0.3 is 10.1 Å². The monoisotopic (exact) mass is 289 g/mol. The summed E-state index contributed by atoms with van der Waals surface area (Å²) in [7, 11) is 3.25. The Morgan fingerprint density at radius 2 is 2.19 bits per heavy atom. The van der Waals surface area contributed by atoms with Crippen molar-refractivity contribution in [1.29, 1.82) is 0 Å². The number of benzene rings is 1. The van der Waals surface area contributed by atoms with E-state index in [1.807, 2.05) is 0 Å². The van der Waals surface area contributed by atoms with Crippen LogP contribution in [0.5, 0.6) is 5.75 Å². The van der Waals surface area contributed by atoms with Gasteiger partial charge in [0.1, 0.15) is 5.75 Å². The number of fused-ring (bicyclic) bond motifs is 1. The number of hydrogen-bond donors (Lipinski definition) is 1. The van der Waals surface area contributed by atoms with E-state index in [1.54, 1.807) is 32.4 Å². The number of nitrogens with one attached hydrogen (secondary N) is 1. The second-order valence-electron chi connectivity index (χ2n) is 5.43. The standard InChI is InChI=1S/C15H19N3O3/c1-17-13-6-5-11(21-2)8-12(13)14(19)18(15(17)20)9-10-4-3-7-16-10/h5-6,8,10,16H,3-4,7,9H2,1-2H3. The molecule has 1 aromatic carbocycles. The summed E-state index contributed by atoms with van der Waals surface area (Å²) in [4.78, 5) is 25.0. The van der Waals surface area contributed by atoms with Crippen molar-refractivity contribution < 1.29 is 4.74 Å². The lowest BCUT2D eigenvalue weighted by molar-refractivity contribution is 0.415. The maximum Gasteiger partial charge on any atom is 0.331 e. The highest BCUT2D eigenvalue weighted by molar-refractivity contribution is 5.79. The Kier molecular flexibility index (Phi) is 3.55. The van der Waals surface area contributed by atoms with Crippen molar-refractivity contribution in [2.45, 2.75) is 25.4 Å². The number of aromatic nitrogens is 2. The number of methoxy groups -OCH3 is 1. The third kappa shape index (κ3) is 2.35. The first-order valence-electron chi connectivity index (χ1n) is 7.13. The highest BCUT2D eigenvalue weighted by Crippen LogP contribution is 2.16. The molecule has 3 rings (SSSR count). The maximum absolute atomic E-state index is 12.6. The predicted octanol–water partition coefficient (Wildman–Crippen LogP) is 0.461. The molecule has 1 saturated heterocycles. The molecular formula is C15H19N3O3. The lowest BCUT2D eigenvalue weighted by Gasteiger charge is -2.15. The van der Waals surface area contributed by atoms with Crippen molar-refractivity contribution in [3.63, 3.8) is 0 Å². The molecule has 21 heavy (non-hydrogen) atoms. The van der Waals surface area contributed by atoms with Crippen LogP contribution in [0, 0.1) is 0 Å². The number of rotatable bonds is 3. The van der Waals surface area contributed by atoms with E-state index in [4.69, 9.17) is 4.74 Å². The molecule has 1 fully saturated rings. The summed E-state index contributed by atoms with van der Waals surface area (Å²) in [5.74, 6) is 0.615. The SMILES string of the molecule is COc1ccc2c(c1)c(=O)n(CC1CCCN1)c(=O)n2C. The molecule has 1 N–H and O–H groups in total. The van der Waals surface area contributed by atoms with Gasteiger partial charge in [0.2, 0.25) is 0 Å². The summed E-state index contributed by atoms with van der Waals surface area (Å²) in [6.45, 7) is 1.36. The van der Waals surface area contributed by atoms with Gasteiger partial charge in [-0.3, -0.25) is 13.9 Å². The van der Waals surface area contributed by atoms with E-state index < -0.39 is 0 Å². The molecule has 2 aromatic rings. The van der Waals surface area contributed by atoms with Crippen LogP contribution in [0.2, 0.25) is 0 Å². The Labute approximate surface area is 122 Å². The first-order valence-corrected chi connectivity index (χ1v) is 7.13. The van der Waals surface area contributed by atoms with E-state index in [2.05, 4.69) is 5.32 Å². The number of hydrogen-bond acceptors (Lipinski definition) is 4. The maximum atomic E-state index is 12.6. The van der Waals surface area contributed by atoms with Crippen molar-refractivity contribution in [3.05, 3.63) is 39.0 Å². The molecule has 6 nitrogen and oxygen atoms in total. The molecule has 1 unspecified atom stereocenters. The van der Waals surface area contributed by atoms with Crippen molar-refractivity contribution >= 4 is 10.9 Å². The van der Waals surface area contributed by atoms with Crippen LogP contribution in [-0.4, -0.2) is 28.8 Å². The van der Waals surface area contributed by atoms with Gasteiger partial charge in [0.05, 0.1) is 18.0 Å². The molecule has 1 aromatic heterocycles. The van der Waals surface area contributed by atoms with Gasteiger partial charge in [-0.15, -0.1) is 0 Å². The van der Waals surface area contributed by atoms with Crippen molar-refractivity contribution in [3.8, 4) is 5.75 Å². The summed E-state index contributed by atoms with van der Waals surface area (Å²) in [6.07, 6.45) is 2.08. The molecule has 0 aliphatic carbocycles. The van der Waals surface area contributed by atoms with E-state index in [0.29, 0.717) is 23.2 Å². The van der Waals surface area contributed by atoms with Crippen LogP contribution in [0.4, 0.5) is 0 Å². The van der Waals surface area contributed by atoms with Gasteiger partial charge >= 0.3 is 5.69 Å². The molecule has 0 saturated carbocycles. The fraction of sp³-hybridized carbons (Fsp3) is 0.467. The zero-order valence-corrected chi connectivity index (χ0v) is 12.3. The van der Waals surface area contributed by atoms with E-state index >= 15 is 0 Å².